The van der Waals surface area contributed by atoms with Crippen molar-refractivity contribution in [2.24, 2.45) is 0 Å². The van der Waals surface area contributed by atoms with Gasteiger partial charge in [-0.1, -0.05) is 35.6 Å². The quantitative estimate of drug-likeness (QED) is 0.530. The molecule has 0 bridgehead atoms. The molecule has 166 valence electrons. The fraction of sp³-hybridized carbons (Fsp3) is 0.385. The maximum atomic E-state index is 13.2. The first-order valence-electron chi connectivity index (χ1n) is 10.8. The van der Waals surface area contributed by atoms with Gasteiger partial charge in [0.1, 0.15) is 11.4 Å². The molecule has 1 aliphatic rings. The van der Waals surface area contributed by atoms with Crippen LogP contribution in [-0.4, -0.2) is 26.8 Å². The van der Waals surface area contributed by atoms with Crippen LogP contribution in [0.2, 0.25) is 5.02 Å². The summed E-state index contributed by atoms with van der Waals surface area (Å²) in [5.74, 6) is 6.62. The molecule has 1 aromatic heterocycles. The normalized spacial score (nSPS) is 14.2. The Morgan fingerprint density at radius 3 is 2.50 bits per heavy atom. The fourth-order valence-electron chi connectivity index (χ4n) is 4.25. The van der Waals surface area contributed by atoms with E-state index in [0.29, 0.717) is 10.8 Å². The Balaban J connectivity index is 1.97. The first kappa shape index (κ1) is 22.4. The Bertz CT molecular complexity index is 1320. The van der Waals surface area contributed by atoms with Gasteiger partial charge < -0.3 is 10.0 Å². The van der Waals surface area contributed by atoms with E-state index >= 15 is 0 Å². The SMILES string of the molecule is CC(C)(O)C#Cc1cccc2c1CCCN2c1nc(=O)n(C(C)(C)C)c2cccc(Cl)c12. The van der Waals surface area contributed by atoms with E-state index in [1.807, 2.05) is 57.2 Å². The molecule has 6 heteroatoms. The molecule has 4 rings (SSSR count). The summed E-state index contributed by atoms with van der Waals surface area (Å²) in [6, 6.07) is 11.6. The van der Waals surface area contributed by atoms with Crippen molar-refractivity contribution >= 4 is 34.0 Å². The second-order valence-corrected chi connectivity index (χ2v) is 10.1. The largest absolute Gasteiger partial charge is 0.378 e. The van der Waals surface area contributed by atoms with Gasteiger partial charge in [-0.2, -0.15) is 4.98 Å². The van der Waals surface area contributed by atoms with E-state index in [9.17, 15) is 9.90 Å². The summed E-state index contributed by atoms with van der Waals surface area (Å²) >= 11 is 6.68. The second kappa shape index (κ2) is 7.95. The zero-order chi connectivity index (χ0) is 23.3. The molecule has 0 amide bonds. The molecular formula is C26H28ClN3O2. The van der Waals surface area contributed by atoms with Crippen LogP contribution in [-0.2, 0) is 12.0 Å². The molecule has 32 heavy (non-hydrogen) atoms. The molecule has 0 saturated heterocycles. The first-order chi connectivity index (χ1) is 15.0. The number of nitrogens with zero attached hydrogens (tertiary/aromatic N) is 3. The van der Waals surface area contributed by atoms with E-state index in [0.717, 1.165) is 47.1 Å². The van der Waals surface area contributed by atoms with Gasteiger partial charge in [0, 0.05) is 23.3 Å². The highest BCUT2D eigenvalue weighted by molar-refractivity contribution is 6.36. The lowest BCUT2D eigenvalue weighted by Crippen LogP contribution is -2.37. The Morgan fingerprint density at radius 1 is 1.09 bits per heavy atom. The van der Waals surface area contributed by atoms with Gasteiger partial charge in [-0.3, -0.25) is 4.57 Å². The number of rotatable bonds is 1. The third kappa shape index (κ3) is 4.13. The number of hydrogen-bond donors (Lipinski definition) is 1. The molecule has 0 aliphatic carbocycles. The Kier molecular flexibility index (Phi) is 5.56. The van der Waals surface area contributed by atoms with Gasteiger partial charge in [-0.25, -0.2) is 4.79 Å². The zero-order valence-corrected chi connectivity index (χ0v) is 19.9. The van der Waals surface area contributed by atoms with Gasteiger partial charge in [-0.15, -0.1) is 0 Å². The number of benzene rings is 2. The summed E-state index contributed by atoms with van der Waals surface area (Å²) in [5, 5.41) is 11.4. The van der Waals surface area contributed by atoms with Crippen LogP contribution in [0.4, 0.5) is 11.5 Å². The first-order valence-corrected chi connectivity index (χ1v) is 11.2. The van der Waals surface area contributed by atoms with Crippen molar-refractivity contribution < 1.29 is 5.11 Å². The number of fused-ring (bicyclic) bond motifs is 2. The second-order valence-electron chi connectivity index (χ2n) is 9.73. The Labute approximate surface area is 193 Å². The van der Waals surface area contributed by atoms with Crippen molar-refractivity contribution in [1.82, 2.24) is 9.55 Å². The highest BCUT2D eigenvalue weighted by Crippen LogP contribution is 2.39. The molecule has 3 aromatic rings. The number of halogens is 1. The molecular weight excluding hydrogens is 422 g/mol. The minimum absolute atomic E-state index is 0.299. The van der Waals surface area contributed by atoms with E-state index in [-0.39, 0.29) is 5.69 Å². The van der Waals surface area contributed by atoms with Crippen molar-refractivity contribution in [2.45, 2.75) is 58.6 Å². The van der Waals surface area contributed by atoms with Crippen LogP contribution in [0.3, 0.4) is 0 Å². The number of aliphatic hydroxyl groups is 1. The molecule has 2 aromatic carbocycles. The van der Waals surface area contributed by atoms with Gasteiger partial charge in [-0.05, 0) is 77.3 Å². The van der Waals surface area contributed by atoms with Gasteiger partial charge in [0.25, 0.3) is 0 Å². The van der Waals surface area contributed by atoms with E-state index in [2.05, 4.69) is 21.7 Å². The molecule has 0 atom stereocenters. The smallest absolute Gasteiger partial charge is 0.350 e. The van der Waals surface area contributed by atoms with Gasteiger partial charge in [0.15, 0.2) is 0 Å². The van der Waals surface area contributed by atoms with E-state index in [1.165, 1.54) is 0 Å². The average Bonchev–Trinajstić information content (AvgIpc) is 2.69. The lowest BCUT2D eigenvalue weighted by Gasteiger charge is -2.33. The minimum Gasteiger partial charge on any atom is -0.378 e. The summed E-state index contributed by atoms with van der Waals surface area (Å²) in [4.78, 5) is 19.8. The third-order valence-corrected chi connectivity index (χ3v) is 5.84. The highest BCUT2D eigenvalue weighted by atomic mass is 35.5. The van der Waals surface area contributed by atoms with Crippen molar-refractivity contribution in [3.63, 3.8) is 0 Å². The summed E-state index contributed by atoms with van der Waals surface area (Å²) in [5.41, 5.74) is 1.91. The summed E-state index contributed by atoms with van der Waals surface area (Å²) < 4.78 is 1.70. The highest BCUT2D eigenvalue weighted by Gasteiger charge is 2.27. The molecule has 0 spiro atoms. The van der Waals surface area contributed by atoms with Crippen molar-refractivity contribution in [1.29, 1.82) is 0 Å². The van der Waals surface area contributed by atoms with Crippen LogP contribution in [0, 0.1) is 11.8 Å². The van der Waals surface area contributed by atoms with Crippen LogP contribution in [0.15, 0.2) is 41.2 Å². The van der Waals surface area contributed by atoms with Gasteiger partial charge >= 0.3 is 5.69 Å². The summed E-state index contributed by atoms with van der Waals surface area (Å²) in [7, 11) is 0. The van der Waals surface area contributed by atoms with Gasteiger partial charge in [0.2, 0.25) is 0 Å². The maximum absolute atomic E-state index is 13.2. The van der Waals surface area contributed by atoms with Crippen molar-refractivity contribution in [2.75, 3.05) is 11.4 Å². The van der Waals surface area contributed by atoms with Crippen molar-refractivity contribution in [3.05, 3.63) is 63.0 Å². The van der Waals surface area contributed by atoms with Crippen LogP contribution in [0.25, 0.3) is 10.9 Å². The summed E-state index contributed by atoms with van der Waals surface area (Å²) in [6.45, 7) is 10.0. The summed E-state index contributed by atoms with van der Waals surface area (Å²) in [6.07, 6.45) is 1.76. The molecule has 5 nitrogen and oxygen atoms in total. The lowest BCUT2D eigenvalue weighted by atomic mass is 9.95. The predicted molar refractivity (Wildman–Crippen MR) is 131 cm³/mol. The van der Waals surface area contributed by atoms with Crippen LogP contribution < -0.4 is 10.6 Å². The number of aromatic nitrogens is 2. The molecule has 0 unspecified atom stereocenters. The molecule has 0 fully saturated rings. The monoisotopic (exact) mass is 449 g/mol. The molecule has 0 radical (unpaired) electrons. The molecule has 2 heterocycles. The number of anilines is 2. The molecule has 0 saturated carbocycles. The average molecular weight is 450 g/mol. The van der Waals surface area contributed by atoms with Crippen LogP contribution in [0.5, 0.6) is 0 Å². The van der Waals surface area contributed by atoms with E-state index in [1.54, 1.807) is 18.4 Å². The van der Waals surface area contributed by atoms with Crippen molar-refractivity contribution in [3.8, 4) is 11.8 Å². The maximum Gasteiger partial charge on any atom is 0.350 e. The lowest BCUT2D eigenvalue weighted by molar-refractivity contribution is 0.143. The third-order valence-electron chi connectivity index (χ3n) is 5.53. The zero-order valence-electron chi connectivity index (χ0n) is 19.2. The fourth-order valence-corrected chi connectivity index (χ4v) is 4.50. The standard InChI is InChI=1S/C26H28ClN3O2/c1-25(2,3)30-21-13-7-11-19(27)22(21)23(28-24(30)31)29-16-8-10-18-17(9-6-12-20(18)29)14-15-26(4,5)32/h6-7,9,11-13,32H,8,10,16H2,1-5H3. The minimum atomic E-state index is -1.07. The van der Waals surface area contributed by atoms with Crippen LogP contribution >= 0.6 is 11.6 Å². The van der Waals surface area contributed by atoms with E-state index in [4.69, 9.17) is 11.6 Å². The topological polar surface area (TPSA) is 58.4 Å². The van der Waals surface area contributed by atoms with Crippen LogP contribution in [0.1, 0.15) is 52.2 Å². The Morgan fingerprint density at radius 2 is 1.81 bits per heavy atom. The van der Waals surface area contributed by atoms with Gasteiger partial charge in [0.05, 0.1) is 15.9 Å². The Hall–Kier alpha value is -2.81. The molecule has 1 aliphatic heterocycles. The number of hydrogen-bond acceptors (Lipinski definition) is 4. The van der Waals surface area contributed by atoms with E-state index < -0.39 is 11.1 Å². The molecule has 1 N–H and O–H groups in total. The predicted octanol–water partition coefficient (Wildman–Crippen LogP) is 5.01.